The van der Waals surface area contributed by atoms with Crippen LogP contribution in [0.15, 0.2) is 78.0 Å². The number of benzene rings is 2. The highest BCUT2D eigenvalue weighted by atomic mass is 32.1. The second-order valence-corrected chi connectivity index (χ2v) is 23.8. The van der Waals surface area contributed by atoms with Crippen LogP contribution in [0.5, 0.6) is 5.75 Å². The van der Waals surface area contributed by atoms with E-state index in [-0.39, 0.29) is 78.8 Å². The van der Waals surface area contributed by atoms with Crippen molar-refractivity contribution in [2.45, 2.75) is 155 Å². The second-order valence-electron chi connectivity index (χ2n) is 22.7. The summed E-state index contributed by atoms with van der Waals surface area (Å²) in [4.78, 5) is 64.1. The zero-order valence-electron chi connectivity index (χ0n) is 44.4. The van der Waals surface area contributed by atoms with Crippen molar-refractivity contribution in [3.05, 3.63) is 105 Å². The van der Waals surface area contributed by atoms with Gasteiger partial charge in [-0.15, -0.1) is 11.3 Å². The molecule has 3 unspecified atom stereocenters. The van der Waals surface area contributed by atoms with Crippen LogP contribution in [0.4, 0.5) is 0 Å². The fourth-order valence-electron chi connectivity index (χ4n) is 13.6. The van der Waals surface area contributed by atoms with E-state index in [1.165, 1.54) is 36.5 Å². The van der Waals surface area contributed by atoms with E-state index in [0.717, 1.165) is 119 Å². The molecule has 7 aliphatic rings. The zero-order valence-corrected chi connectivity index (χ0v) is 45.2. The van der Waals surface area contributed by atoms with Crippen molar-refractivity contribution in [2.24, 2.45) is 29.6 Å². The van der Waals surface area contributed by atoms with Crippen LogP contribution in [0.3, 0.4) is 0 Å². The summed E-state index contributed by atoms with van der Waals surface area (Å²) in [5.74, 6) is 0.0676. The second kappa shape index (κ2) is 20.4. The summed E-state index contributed by atoms with van der Waals surface area (Å²) in [5.41, 5.74) is 11.6. The van der Waals surface area contributed by atoms with Crippen molar-refractivity contribution in [3.8, 4) is 17.0 Å². The highest BCUT2D eigenvalue weighted by Gasteiger charge is 2.56. The summed E-state index contributed by atoms with van der Waals surface area (Å²) in [6.07, 6.45) is 19.6. The Hall–Kier alpha value is -5.79. The molecule has 4 fully saturated rings. The van der Waals surface area contributed by atoms with Crippen molar-refractivity contribution in [1.29, 1.82) is 0 Å². The first kappa shape index (κ1) is 50.4. The molecule has 6 heterocycles. The normalized spacial score (nSPS) is 26.7. The number of esters is 2. The number of hydrogen-bond donors (Lipinski definition) is 0. The molecule has 0 spiro atoms. The summed E-state index contributed by atoms with van der Waals surface area (Å²) >= 11 is 1.72. The van der Waals surface area contributed by atoms with E-state index < -0.39 is 18.1 Å². The molecule has 13 heteroatoms. The summed E-state index contributed by atoms with van der Waals surface area (Å²) in [5, 5.41) is 2.23. The van der Waals surface area contributed by atoms with E-state index in [4.69, 9.17) is 23.9 Å². The molecule has 2 aromatic carbocycles. The molecule has 0 N–H and O–H groups in total. The lowest BCUT2D eigenvalue weighted by molar-refractivity contribution is -0.152. The van der Waals surface area contributed by atoms with E-state index in [1.54, 1.807) is 11.3 Å². The molecule has 390 valence electrons. The van der Waals surface area contributed by atoms with Gasteiger partial charge in [-0.2, -0.15) is 0 Å². The van der Waals surface area contributed by atoms with Gasteiger partial charge >= 0.3 is 11.9 Å². The fourth-order valence-corrected chi connectivity index (χ4v) is 14.7. The molecule has 1 saturated carbocycles. The number of thiazole rings is 1. The number of nitrogens with zero attached hydrogens (tertiary/aromatic N) is 4. The third-order valence-electron chi connectivity index (χ3n) is 17.4. The van der Waals surface area contributed by atoms with Gasteiger partial charge < -0.3 is 28.7 Å². The SMILES string of the molecule is CCCc1ncc(C2Oc3cc(C4=CC=C([C@@H]5CCCN5C(=O)[C@@H](CC(=O)OC)C(C)C)C4)cc(C)c3-c3cc4cc(C5=CC=C([C@@H]6C[C@H]7C[C@H]7N6C(=O)C(CC(=O)OC)C6C[C@@H](C)O[C@@H](C)C6)C5)ccc4n32)s1. The molecule has 74 heavy (non-hydrogen) atoms. The molecule has 12 nitrogen and oxygen atoms in total. The molecule has 2 amide bonds. The van der Waals surface area contributed by atoms with Gasteiger partial charge in [0.2, 0.25) is 18.0 Å². The Morgan fingerprint density at radius 3 is 2.27 bits per heavy atom. The monoisotopic (exact) mass is 1020 g/mol. The van der Waals surface area contributed by atoms with Crippen LogP contribution < -0.4 is 4.74 Å². The predicted molar refractivity (Wildman–Crippen MR) is 288 cm³/mol. The predicted octanol–water partition coefficient (Wildman–Crippen LogP) is 11.6. The van der Waals surface area contributed by atoms with E-state index in [9.17, 15) is 19.2 Å². The number of aromatic nitrogens is 2. The Labute approximate surface area is 439 Å². The van der Waals surface area contributed by atoms with Gasteiger partial charge in [-0.3, -0.25) is 23.7 Å². The van der Waals surface area contributed by atoms with Gasteiger partial charge in [0.25, 0.3) is 0 Å². The first-order chi connectivity index (χ1) is 35.7. The lowest BCUT2D eigenvalue weighted by atomic mass is 9.79. The molecule has 4 aliphatic heterocycles. The van der Waals surface area contributed by atoms with E-state index in [1.807, 2.05) is 24.9 Å². The van der Waals surface area contributed by atoms with Crippen LogP contribution in [0.25, 0.3) is 33.3 Å². The molecule has 0 bridgehead atoms. The zero-order chi connectivity index (χ0) is 51.7. The minimum atomic E-state index is -0.423. The van der Waals surface area contributed by atoms with Crippen molar-refractivity contribution in [3.63, 3.8) is 0 Å². The number of hydrogen-bond acceptors (Lipinski definition) is 10. The lowest BCUT2D eigenvalue weighted by Crippen LogP contribution is -2.47. The first-order valence-electron chi connectivity index (χ1n) is 27.3. The van der Waals surface area contributed by atoms with Crippen LogP contribution in [0.1, 0.15) is 138 Å². The maximum absolute atomic E-state index is 14.8. The summed E-state index contributed by atoms with van der Waals surface area (Å²) in [6.45, 7) is 13.2. The number of ether oxygens (including phenoxy) is 4. The van der Waals surface area contributed by atoms with Gasteiger partial charge in [-0.05, 0) is 166 Å². The highest BCUT2D eigenvalue weighted by molar-refractivity contribution is 7.11. The van der Waals surface area contributed by atoms with Crippen molar-refractivity contribution in [2.75, 3.05) is 20.8 Å². The van der Waals surface area contributed by atoms with Crippen molar-refractivity contribution in [1.82, 2.24) is 19.4 Å². The third kappa shape index (κ3) is 9.38. The first-order valence-corrected chi connectivity index (χ1v) is 28.2. The fraction of sp³-hybridized carbons (Fsp3) is 0.525. The number of amides is 2. The van der Waals surface area contributed by atoms with E-state index in [2.05, 4.69) is 97.9 Å². The molecule has 4 aromatic rings. The molecular weight excluding hydrogens is 949 g/mol. The summed E-state index contributed by atoms with van der Waals surface area (Å²) in [7, 11) is 2.80. The standard InChI is InChI=1S/C61H72N4O8S/c1-9-11-55-62-32-54(74-55)61-65-49-18-17-38(37-13-16-41(23-37)50-26-45-27-51(45)64(50)60(69)47(31-57(67)71-8)43-21-35(5)72-36(6)22-43)25-44(49)28-52(65)58-34(4)20-42(29-53(58)73-61)39-14-15-40(24-39)48-12-10-19-63(48)59(68)46(33(2)3)30-56(66)70-7/h13-18,20,25,28-29,32-33,35-36,43,45-48,50-51,61H,9-12,19,21-24,26-27,30-31H2,1-8H3/t35-,36+,43?,45-,46-,47?,48-,50-,51+,61?/m0/s1. The number of piperidine rings is 1. The third-order valence-corrected chi connectivity index (χ3v) is 18.5. The molecule has 0 radical (unpaired) electrons. The number of likely N-dealkylation sites (tertiary alicyclic amines) is 2. The largest absolute Gasteiger partial charge is 0.469 e. The smallest absolute Gasteiger partial charge is 0.306 e. The Morgan fingerprint density at radius 1 is 0.838 bits per heavy atom. The van der Waals surface area contributed by atoms with E-state index >= 15 is 0 Å². The topological polar surface area (TPSA) is 130 Å². The maximum atomic E-state index is 14.8. The van der Waals surface area contributed by atoms with Crippen LogP contribution in [0, 0.1) is 36.5 Å². The molecule has 3 aliphatic carbocycles. The minimum Gasteiger partial charge on any atom is -0.469 e. The molecule has 2 aromatic heterocycles. The van der Waals surface area contributed by atoms with Crippen molar-refractivity contribution >= 4 is 57.1 Å². The van der Waals surface area contributed by atoms with Gasteiger partial charge in [-0.1, -0.05) is 57.2 Å². The van der Waals surface area contributed by atoms with Gasteiger partial charge in [-0.25, -0.2) is 4.98 Å². The van der Waals surface area contributed by atoms with Gasteiger partial charge in [0.1, 0.15) is 5.75 Å². The van der Waals surface area contributed by atoms with Gasteiger partial charge in [0, 0.05) is 29.7 Å². The Kier molecular flexibility index (Phi) is 13.9. The van der Waals surface area contributed by atoms with E-state index in [0.29, 0.717) is 12.5 Å². The van der Waals surface area contributed by atoms with Gasteiger partial charge in [0.15, 0.2) is 0 Å². The summed E-state index contributed by atoms with van der Waals surface area (Å²) < 4.78 is 25.8. The number of methoxy groups -OCH3 is 2. The summed E-state index contributed by atoms with van der Waals surface area (Å²) in [6, 6.07) is 13.9. The number of rotatable bonds is 15. The van der Waals surface area contributed by atoms with Crippen LogP contribution in [-0.2, 0) is 39.8 Å². The number of carbonyl (C=O) groups excluding carboxylic acids is 4. The number of carbonyl (C=O) groups is 4. The number of aryl methyl sites for hydroxylation is 2. The van der Waals surface area contributed by atoms with Crippen LogP contribution in [0.2, 0.25) is 0 Å². The molecule has 3 saturated heterocycles. The highest BCUT2D eigenvalue weighted by Crippen LogP contribution is 2.54. The molecule has 10 atom stereocenters. The average Bonchev–Trinajstić information content (AvgIpc) is 4.15. The quantitative estimate of drug-likeness (QED) is 0.107. The van der Waals surface area contributed by atoms with Crippen molar-refractivity contribution < 1.29 is 38.1 Å². The number of allylic oxidation sites excluding steroid dienone is 6. The average molecular weight is 1020 g/mol. The minimum absolute atomic E-state index is 0.000650. The Bertz CT molecular complexity index is 3020. The van der Waals surface area contributed by atoms with Crippen LogP contribution in [-0.4, -0.2) is 94.2 Å². The lowest BCUT2D eigenvalue weighted by Gasteiger charge is -2.39. The Balaban J connectivity index is 0.851. The molecular formula is C61H72N4O8S. The number of fused-ring (bicyclic) bond motifs is 6. The Morgan fingerprint density at radius 2 is 1.55 bits per heavy atom. The van der Waals surface area contributed by atoms with Crippen LogP contribution >= 0.6 is 11.3 Å². The molecule has 11 rings (SSSR count). The maximum Gasteiger partial charge on any atom is 0.306 e. The van der Waals surface area contributed by atoms with Gasteiger partial charge in [0.05, 0.1) is 84.3 Å².